The average molecular weight is 489 g/mol. The molecular formula is C20H32IN3O3. The number of aliphatic imine (C=N–C) groups is 1. The Morgan fingerprint density at radius 1 is 1.26 bits per heavy atom. The molecule has 1 aromatic carbocycles. The van der Waals surface area contributed by atoms with Gasteiger partial charge in [-0.2, -0.15) is 0 Å². The maximum absolute atomic E-state index is 11.1. The summed E-state index contributed by atoms with van der Waals surface area (Å²) >= 11 is 0. The summed E-state index contributed by atoms with van der Waals surface area (Å²) in [6.07, 6.45) is 3.25. The zero-order chi connectivity index (χ0) is 18.5. The molecule has 2 atom stereocenters. The number of aliphatic hydroxyl groups excluding tert-OH is 1. The number of hydrogen-bond acceptors (Lipinski definition) is 4. The van der Waals surface area contributed by atoms with Gasteiger partial charge in [0.1, 0.15) is 5.60 Å². The summed E-state index contributed by atoms with van der Waals surface area (Å²) in [5.74, 6) is 0.703. The first-order valence-electron chi connectivity index (χ1n) is 9.62. The van der Waals surface area contributed by atoms with Crippen LogP contribution in [0.5, 0.6) is 0 Å². The molecule has 1 aromatic rings. The van der Waals surface area contributed by atoms with Gasteiger partial charge in [0.2, 0.25) is 0 Å². The standard InChI is InChI=1S/C20H31N3O3.HI/c1-2-21-18(22-13-19(9-11-24)10-12-26-15-19)23-14-20(25)8-7-16-5-3-4-6-17(16)20;/h3-6,24-25H,2,7-15H2,1H3,(H2,21,22,23);1H. The SMILES string of the molecule is CCNC(=NCC1(CCO)CCOC1)NCC1(O)CCc2ccccc21.I. The van der Waals surface area contributed by atoms with E-state index in [9.17, 15) is 10.2 Å². The van der Waals surface area contributed by atoms with Crippen LogP contribution < -0.4 is 10.6 Å². The maximum atomic E-state index is 11.1. The highest BCUT2D eigenvalue weighted by Crippen LogP contribution is 2.36. The fraction of sp³-hybridized carbons (Fsp3) is 0.650. The van der Waals surface area contributed by atoms with Gasteiger partial charge in [-0.05, 0) is 43.7 Å². The summed E-state index contributed by atoms with van der Waals surface area (Å²) in [5.41, 5.74) is 1.31. The molecular weight excluding hydrogens is 457 g/mol. The van der Waals surface area contributed by atoms with Crippen molar-refractivity contribution in [2.24, 2.45) is 10.4 Å². The number of halogens is 1. The first kappa shape index (κ1) is 22.4. The number of benzene rings is 1. The molecule has 1 aliphatic heterocycles. The van der Waals surface area contributed by atoms with E-state index in [1.54, 1.807) is 0 Å². The summed E-state index contributed by atoms with van der Waals surface area (Å²) in [6.45, 7) is 5.35. The Morgan fingerprint density at radius 3 is 2.78 bits per heavy atom. The first-order valence-corrected chi connectivity index (χ1v) is 9.62. The van der Waals surface area contributed by atoms with Crippen LogP contribution in [-0.4, -0.2) is 55.6 Å². The minimum atomic E-state index is -0.855. The van der Waals surface area contributed by atoms with Gasteiger partial charge in [0.05, 0.1) is 19.7 Å². The third-order valence-electron chi connectivity index (χ3n) is 5.62. The smallest absolute Gasteiger partial charge is 0.191 e. The third kappa shape index (κ3) is 5.34. The van der Waals surface area contributed by atoms with E-state index in [0.717, 1.165) is 38.0 Å². The van der Waals surface area contributed by atoms with Gasteiger partial charge < -0.3 is 25.6 Å². The summed E-state index contributed by atoms with van der Waals surface area (Å²) < 4.78 is 5.54. The fourth-order valence-electron chi connectivity index (χ4n) is 3.96. The van der Waals surface area contributed by atoms with Crippen LogP contribution in [-0.2, 0) is 16.8 Å². The van der Waals surface area contributed by atoms with E-state index in [-0.39, 0.29) is 36.0 Å². The molecule has 0 radical (unpaired) electrons. The summed E-state index contributed by atoms with van der Waals surface area (Å²) in [7, 11) is 0. The van der Waals surface area contributed by atoms with Crippen molar-refractivity contribution >= 4 is 29.9 Å². The molecule has 2 unspecified atom stereocenters. The Balaban J connectivity index is 0.00000261. The van der Waals surface area contributed by atoms with Crippen LogP contribution in [0.3, 0.4) is 0 Å². The van der Waals surface area contributed by atoms with Gasteiger partial charge >= 0.3 is 0 Å². The Kier molecular flexibility index (Phi) is 8.33. The van der Waals surface area contributed by atoms with Crippen LogP contribution in [0, 0.1) is 5.41 Å². The van der Waals surface area contributed by atoms with Gasteiger partial charge in [-0.3, -0.25) is 4.99 Å². The van der Waals surface area contributed by atoms with Crippen molar-refractivity contribution in [3.63, 3.8) is 0 Å². The van der Waals surface area contributed by atoms with E-state index < -0.39 is 5.60 Å². The van der Waals surface area contributed by atoms with Crippen LogP contribution in [0.15, 0.2) is 29.3 Å². The Morgan fingerprint density at radius 2 is 2.07 bits per heavy atom. The lowest BCUT2D eigenvalue weighted by atomic mass is 9.84. The van der Waals surface area contributed by atoms with Gasteiger partial charge in [-0.15, -0.1) is 24.0 Å². The van der Waals surface area contributed by atoms with Crippen molar-refractivity contribution in [3.05, 3.63) is 35.4 Å². The number of fused-ring (bicyclic) bond motifs is 1. The predicted molar refractivity (Wildman–Crippen MR) is 118 cm³/mol. The molecule has 0 saturated carbocycles. The largest absolute Gasteiger partial charge is 0.396 e. The highest BCUT2D eigenvalue weighted by molar-refractivity contribution is 14.0. The number of ether oxygens (including phenoxy) is 1. The topological polar surface area (TPSA) is 86.1 Å². The third-order valence-corrected chi connectivity index (χ3v) is 5.62. The second kappa shape index (κ2) is 10.0. The number of nitrogens with zero attached hydrogens (tertiary/aromatic N) is 1. The van der Waals surface area contributed by atoms with Crippen molar-refractivity contribution in [1.29, 1.82) is 0 Å². The summed E-state index contributed by atoms with van der Waals surface area (Å²) in [6, 6.07) is 8.10. The zero-order valence-electron chi connectivity index (χ0n) is 16.0. The molecule has 4 N–H and O–H groups in total. The van der Waals surface area contributed by atoms with Crippen LogP contribution in [0.4, 0.5) is 0 Å². The molecule has 0 amide bonds. The molecule has 7 heteroatoms. The second-order valence-electron chi connectivity index (χ2n) is 7.51. The lowest BCUT2D eigenvalue weighted by molar-refractivity contribution is 0.0432. The average Bonchev–Trinajstić information content (AvgIpc) is 3.24. The van der Waals surface area contributed by atoms with Crippen molar-refractivity contribution in [2.75, 3.05) is 39.5 Å². The van der Waals surface area contributed by atoms with Gasteiger partial charge in [-0.25, -0.2) is 0 Å². The van der Waals surface area contributed by atoms with Crippen molar-refractivity contribution in [3.8, 4) is 0 Å². The Bertz CT molecular complexity index is 635. The predicted octanol–water partition coefficient (Wildman–Crippen LogP) is 1.78. The summed E-state index contributed by atoms with van der Waals surface area (Å²) in [5, 5.41) is 27.0. The highest BCUT2D eigenvalue weighted by atomic mass is 127. The zero-order valence-corrected chi connectivity index (χ0v) is 18.4. The lowest BCUT2D eigenvalue weighted by Crippen LogP contribution is -2.45. The number of rotatable bonds is 7. The van der Waals surface area contributed by atoms with E-state index in [1.165, 1.54) is 5.56 Å². The number of nitrogens with one attached hydrogen (secondary N) is 2. The van der Waals surface area contributed by atoms with E-state index in [0.29, 0.717) is 32.1 Å². The van der Waals surface area contributed by atoms with E-state index in [4.69, 9.17) is 9.73 Å². The maximum Gasteiger partial charge on any atom is 0.191 e. The highest BCUT2D eigenvalue weighted by Gasteiger charge is 2.37. The van der Waals surface area contributed by atoms with Crippen LogP contribution in [0.1, 0.15) is 37.3 Å². The monoisotopic (exact) mass is 489 g/mol. The van der Waals surface area contributed by atoms with Crippen LogP contribution >= 0.6 is 24.0 Å². The van der Waals surface area contributed by atoms with E-state index in [2.05, 4.69) is 16.7 Å². The van der Waals surface area contributed by atoms with Gasteiger partial charge in [-0.1, -0.05) is 24.3 Å². The van der Waals surface area contributed by atoms with Crippen molar-refractivity contribution in [1.82, 2.24) is 10.6 Å². The molecule has 0 spiro atoms. The van der Waals surface area contributed by atoms with Crippen molar-refractivity contribution < 1.29 is 14.9 Å². The molecule has 1 heterocycles. The quantitative estimate of drug-likeness (QED) is 0.267. The van der Waals surface area contributed by atoms with E-state index >= 15 is 0 Å². The van der Waals surface area contributed by atoms with Crippen LogP contribution in [0.2, 0.25) is 0 Å². The first-order chi connectivity index (χ1) is 12.6. The molecule has 27 heavy (non-hydrogen) atoms. The van der Waals surface area contributed by atoms with Gasteiger partial charge in [0, 0.05) is 25.2 Å². The minimum absolute atomic E-state index is 0. The molecule has 1 saturated heterocycles. The molecule has 6 nitrogen and oxygen atoms in total. The van der Waals surface area contributed by atoms with Crippen molar-refractivity contribution in [2.45, 2.75) is 38.2 Å². The molecule has 1 fully saturated rings. The Hall–Kier alpha value is -0.900. The molecule has 2 aliphatic rings. The second-order valence-corrected chi connectivity index (χ2v) is 7.51. The molecule has 0 aromatic heterocycles. The summed E-state index contributed by atoms with van der Waals surface area (Å²) in [4.78, 5) is 4.73. The molecule has 0 bridgehead atoms. The molecule has 1 aliphatic carbocycles. The number of aliphatic hydroxyl groups is 2. The molecule has 3 rings (SSSR count). The number of hydrogen-bond donors (Lipinski definition) is 4. The Labute approximate surface area is 178 Å². The minimum Gasteiger partial charge on any atom is -0.396 e. The fourth-order valence-corrected chi connectivity index (χ4v) is 3.96. The number of aryl methyl sites for hydroxylation is 1. The lowest BCUT2D eigenvalue weighted by Gasteiger charge is -2.27. The normalized spacial score (nSPS) is 27.1. The van der Waals surface area contributed by atoms with E-state index in [1.807, 2.05) is 25.1 Å². The van der Waals surface area contributed by atoms with Crippen LogP contribution in [0.25, 0.3) is 0 Å². The number of guanidine groups is 1. The van der Waals surface area contributed by atoms with Gasteiger partial charge in [0.15, 0.2) is 5.96 Å². The van der Waals surface area contributed by atoms with Gasteiger partial charge in [0.25, 0.3) is 0 Å². The molecule has 152 valence electrons.